The first-order valence-corrected chi connectivity index (χ1v) is 59.6. The highest BCUT2D eigenvalue weighted by molar-refractivity contribution is 7.93. The number of rotatable bonds is 29. The molecule has 0 bridgehead atoms. The Morgan fingerprint density at radius 2 is 0.754 bits per heavy atom. The fraction of sp³-hybridized carbons (Fsp3) is 0.805. The maximum absolute atomic E-state index is 11.7. The van der Waals surface area contributed by atoms with Gasteiger partial charge in [-0.1, -0.05) is 85.7 Å². The van der Waals surface area contributed by atoms with Crippen molar-refractivity contribution in [2.45, 2.75) is 338 Å². The van der Waals surface area contributed by atoms with E-state index >= 15 is 0 Å². The average molecular weight is 2020 g/mol. The van der Waals surface area contributed by atoms with E-state index in [4.69, 9.17) is 10.2 Å². The number of aliphatic hydroxyl groups excluding tert-OH is 2. The van der Waals surface area contributed by atoms with Crippen LogP contribution in [0.25, 0.3) is 0 Å². The Bertz CT molecular complexity index is 4420. The Kier molecular flexibility index (Phi) is 70.5. The summed E-state index contributed by atoms with van der Waals surface area (Å²) >= 11 is 0. The molecule has 44 heteroatoms. The molecule has 3 atom stereocenters. The van der Waals surface area contributed by atoms with Gasteiger partial charge < -0.3 is 10.2 Å². The highest BCUT2D eigenvalue weighted by Crippen LogP contribution is 2.29. The maximum Gasteiger partial charge on any atom is 0.216 e. The van der Waals surface area contributed by atoms with E-state index in [1.54, 1.807) is 202 Å². The van der Waals surface area contributed by atoms with Crippen molar-refractivity contribution in [1.29, 1.82) is 0 Å². The number of aromatic nitrogens is 2. The third kappa shape index (κ3) is 51.9. The number of aliphatic hydroxyl groups is 2. The van der Waals surface area contributed by atoms with Crippen molar-refractivity contribution in [3.63, 3.8) is 0 Å². The Hall–Kier alpha value is -3.23. The minimum Gasteiger partial charge on any atom is -0.395 e. The quantitative estimate of drug-likeness (QED) is 0.0581. The van der Waals surface area contributed by atoms with E-state index < -0.39 is 116 Å². The first-order chi connectivity index (χ1) is 57.2. The summed E-state index contributed by atoms with van der Waals surface area (Å²) in [5.41, 5.74) is 1.16. The summed E-state index contributed by atoms with van der Waals surface area (Å²) in [6.07, 6.45) is 9.88. The van der Waals surface area contributed by atoms with E-state index in [-0.39, 0.29) is 82.8 Å². The second-order valence-electron chi connectivity index (χ2n) is 32.3. The summed E-state index contributed by atoms with van der Waals surface area (Å²) in [5, 5.41) is 15.0. The predicted molar refractivity (Wildman–Crippen MR) is 523 cm³/mol. The SMILES string of the molecule is CC.CC(C)S(=O)(=O)N(C)C.CC(C)S(=O)(=O)N(C)C1CC1.CC(C)S(=O)(=O)N1CCC[C@@H]1CO.CC(C)S(=O)(=O)N1CCC[C@H]1CO.CC(C)S(=O)(=O)c1ccccc1.CC(C)S(=O)(=O)c1ccccn1.CC(C)S(C)(=O)=O.CC(C)c1ccccn1.CCN(C)S(=O)(=O)C(C)C.CCN(C)S(=O)(=O)C(C)C.CCN(CC)S(=O)C(C)C.CNS(=O)(=O)C(C)C. The molecule has 1 unspecified atom stereocenters. The van der Waals surface area contributed by atoms with Crippen LogP contribution in [0.3, 0.4) is 0 Å². The number of sulfone groups is 3. The molecule has 752 valence electrons. The number of nitrogens with zero attached hydrogens (tertiary/aromatic N) is 9. The van der Waals surface area contributed by atoms with Crippen LogP contribution in [-0.2, 0) is 111 Å². The second kappa shape index (κ2) is 65.4. The first-order valence-electron chi connectivity index (χ1n) is 42.8. The van der Waals surface area contributed by atoms with Gasteiger partial charge in [-0.3, -0.25) is 4.98 Å². The van der Waals surface area contributed by atoms with E-state index in [9.17, 15) is 88.4 Å². The van der Waals surface area contributed by atoms with Gasteiger partial charge in [0.2, 0.25) is 70.2 Å². The zero-order valence-electron chi connectivity index (χ0n) is 83.0. The van der Waals surface area contributed by atoms with Crippen molar-refractivity contribution in [1.82, 2.24) is 44.8 Å². The van der Waals surface area contributed by atoms with Crippen LogP contribution in [-0.4, -0.2) is 316 Å². The summed E-state index contributed by atoms with van der Waals surface area (Å²) in [4.78, 5) is 8.36. The van der Waals surface area contributed by atoms with Crippen LogP contribution in [0.5, 0.6) is 0 Å². The lowest BCUT2D eigenvalue weighted by molar-refractivity contribution is 0.213. The van der Waals surface area contributed by atoms with Crippen LogP contribution < -0.4 is 4.72 Å². The fourth-order valence-electron chi connectivity index (χ4n) is 9.04. The maximum atomic E-state index is 11.7. The number of pyridine rings is 2. The number of nitrogens with one attached hydrogen (secondary N) is 1. The predicted octanol–water partition coefficient (Wildman–Crippen LogP) is 11.0. The molecule has 1 aliphatic carbocycles. The van der Waals surface area contributed by atoms with Gasteiger partial charge in [0.15, 0.2) is 24.7 Å². The monoisotopic (exact) mass is 2010 g/mol. The van der Waals surface area contributed by atoms with Gasteiger partial charge in [-0.25, -0.2) is 120 Å². The van der Waals surface area contributed by atoms with Crippen LogP contribution in [0.2, 0.25) is 0 Å². The smallest absolute Gasteiger partial charge is 0.216 e. The summed E-state index contributed by atoms with van der Waals surface area (Å²) in [7, 11) is -21.7. The number of hydrogen-bond acceptors (Lipinski definition) is 25. The van der Waals surface area contributed by atoms with E-state index in [1.165, 1.54) is 65.5 Å². The van der Waals surface area contributed by atoms with Crippen LogP contribution in [0.1, 0.15) is 258 Å². The molecule has 3 aromatic rings. The van der Waals surface area contributed by atoms with Gasteiger partial charge in [-0.15, -0.1) is 0 Å². The second-order valence-corrected chi connectivity index (χ2v) is 59.6. The van der Waals surface area contributed by atoms with Gasteiger partial charge in [-0.05, 0) is 240 Å². The highest BCUT2D eigenvalue weighted by atomic mass is 32.2. The Morgan fingerprint density at radius 1 is 0.421 bits per heavy atom. The van der Waals surface area contributed by atoms with Gasteiger partial charge in [0, 0.05) is 122 Å². The molecule has 2 aromatic heterocycles. The molecule has 1 aromatic carbocycles. The van der Waals surface area contributed by atoms with Crippen LogP contribution in [0.4, 0.5) is 0 Å². The molecule has 3 aliphatic rings. The van der Waals surface area contributed by atoms with E-state index in [1.807, 2.05) is 84.1 Å². The molecule has 33 nitrogen and oxygen atoms in total. The zero-order valence-corrected chi connectivity index (χ0v) is 92.0. The molecule has 0 spiro atoms. The van der Waals surface area contributed by atoms with Gasteiger partial charge in [0.05, 0.1) is 81.6 Å². The van der Waals surface area contributed by atoms with Crippen molar-refractivity contribution in [2.24, 2.45) is 0 Å². The third-order valence-corrected chi connectivity index (χ3v) is 42.1. The number of hydrogen-bond donors (Lipinski definition) is 3. The number of benzene rings is 1. The van der Waals surface area contributed by atoms with Crippen LogP contribution >= 0.6 is 0 Å². The summed E-state index contributed by atoms with van der Waals surface area (Å²) in [5.74, 6) is 0.547. The first kappa shape index (κ1) is 136. The lowest BCUT2D eigenvalue weighted by atomic mass is 10.1. The van der Waals surface area contributed by atoms with Crippen molar-refractivity contribution < 1.29 is 98.6 Å². The normalized spacial score (nSPS) is 15.7. The lowest BCUT2D eigenvalue weighted by Gasteiger charge is -2.24. The fourth-order valence-corrected chi connectivity index (χ4v) is 20.0. The van der Waals surface area contributed by atoms with Crippen molar-refractivity contribution in [3.8, 4) is 0 Å². The zero-order chi connectivity index (χ0) is 101. The van der Waals surface area contributed by atoms with Gasteiger partial charge >= 0.3 is 0 Å². The summed E-state index contributed by atoms with van der Waals surface area (Å²) in [6, 6.07) is 19.3. The Balaban J connectivity index is -0.000000246. The van der Waals surface area contributed by atoms with Crippen molar-refractivity contribution >= 4 is 111 Å². The largest absolute Gasteiger partial charge is 0.395 e. The van der Waals surface area contributed by atoms with Gasteiger partial charge in [0.25, 0.3) is 0 Å². The standard InChI is InChI=1S/C9H12O2S.2C8H17NO3S.C8H11NO2S.C8H11N.C7H15NO2S.C7H17NOS.2C6H15NO2S.C5H13NO2S.C4H11NO2S.C4H10O2S.C2H6/c1-8(2)12(10,11)9-6-4-3-5-7-9;2*1-7(2)13(11,12)9-5-3-4-8(9)6-10;1-7(2)12(10,11)8-5-3-4-6-9-8;1-7(2)8-5-3-4-6-9-8;1-6(2)11(9,10)8(3)7-4-5-7;1-5-8(6-2)10(9)7(3)4;2*1-5-7(4)10(8,9)6(2)3;1-5(2)9(7,8)6(3)4;1-4(2)8(6,7)5-3;1-4(2)7(3,5)6;1-2/h3-8H,1-2H3;2*7-8,10H,3-6H2,1-2H3;3-7H,1-2H3;3-7H,1-2H3;6-7H,4-5H2,1-3H3;7H,5-6H2,1-4H3;2*6H,5H2,1-4H3;5H,1-4H3;4-5H,1-3H3;4H,1-3H3;1-2H3/t;2*8-;;;;;;;;;;/m.10........../s1. The van der Waals surface area contributed by atoms with E-state index in [0.29, 0.717) is 43.0 Å². The minimum atomic E-state index is -3.19. The molecule has 6 rings (SSSR count). The van der Waals surface area contributed by atoms with E-state index in [0.717, 1.165) is 57.3 Å². The summed E-state index contributed by atoms with van der Waals surface area (Å²) in [6.45, 7) is 57.2. The molecule has 2 saturated heterocycles. The molecule has 3 N–H and O–H groups in total. The molecule has 2 aliphatic heterocycles. The molecule has 4 heterocycles. The van der Waals surface area contributed by atoms with Crippen LogP contribution in [0, 0.1) is 0 Å². The molecule has 0 amide bonds. The Morgan fingerprint density at radius 3 is 0.937 bits per heavy atom. The van der Waals surface area contributed by atoms with Crippen molar-refractivity contribution in [3.05, 3.63) is 84.8 Å². The molecule has 126 heavy (non-hydrogen) atoms. The summed E-state index contributed by atoms with van der Waals surface area (Å²) < 4.78 is 248. The highest BCUT2D eigenvalue weighted by Gasteiger charge is 2.38. The lowest BCUT2D eigenvalue weighted by Crippen LogP contribution is -2.41. The van der Waals surface area contributed by atoms with Crippen LogP contribution in [0.15, 0.2) is 89.0 Å². The molecule has 3 fully saturated rings. The third-order valence-electron chi connectivity index (χ3n) is 18.7. The van der Waals surface area contributed by atoms with Crippen molar-refractivity contribution in [2.75, 3.05) is 101 Å². The molecular weight excluding hydrogens is 1850 g/mol. The van der Waals surface area contributed by atoms with Gasteiger partial charge in [-0.2, -0.15) is 8.61 Å². The van der Waals surface area contributed by atoms with E-state index in [2.05, 4.69) is 28.5 Å². The molecule has 1 saturated carbocycles. The molecule has 0 radical (unpaired) electrons. The van der Waals surface area contributed by atoms with Gasteiger partial charge in [0.1, 0.15) is 9.84 Å². The molecular formula is C82H170N10O23S11. The number of sulfonamides is 7. The Labute approximate surface area is 771 Å². The topological polar surface area (TPSA) is 459 Å². The minimum absolute atomic E-state index is 0.0635. The average Bonchev–Trinajstić information content (AvgIpc) is 1.69.